The lowest BCUT2D eigenvalue weighted by Crippen LogP contribution is -2.42. The van der Waals surface area contributed by atoms with E-state index in [0.29, 0.717) is 6.04 Å². The van der Waals surface area contributed by atoms with Crippen LogP contribution < -0.4 is 10.6 Å². The average Bonchev–Trinajstić information content (AvgIpc) is 2.06. The first-order valence-corrected chi connectivity index (χ1v) is 5.28. The minimum absolute atomic E-state index is 0.630. The topological polar surface area (TPSA) is 24.1 Å². The highest BCUT2D eigenvalue weighted by Crippen LogP contribution is 2.16. The van der Waals surface area contributed by atoms with E-state index < -0.39 is 0 Å². The fraction of sp³-hybridized carbons (Fsp3) is 0.889. The predicted molar refractivity (Wildman–Crippen MR) is 56.3 cm³/mol. The summed E-state index contributed by atoms with van der Waals surface area (Å²) < 4.78 is 0. The highest BCUT2D eigenvalue weighted by molar-refractivity contribution is 7.80. The maximum absolute atomic E-state index is 5.11. The maximum atomic E-state index is 5.11. The standard InChI is InChI=1S/C9H18N2S/c1-2-10-9(12)11-8-6-4-3-5-7-8/h8H,2-7H2,1H3,(H2,10,11,12)/i11+1. The average molecular weight is 187 g/mol. The molecule has 0 atom stereocenters. The summed E-state index contributed by atoms with van der Waals surface area (Å²) in [5.74, 6) is 0. The minimum atomic E-state index is 0.630. The number of hydrogen-bond acceptors (Lipinski definition) is 1. The molecule has 3 heteroatoms. The van der Waals surface area contributed by atoms with Crippen molar-refractivity contribution in [3.63, 3.8) is 0 Å². The third-order valence-electron chi connectivity index (χ3n) is 2.28. The van der Waals surface area contributed by atoms with Crippen molar-refractivity contribution in [2.45, 2.75) is 45.1 Å². The zero-order valence-electron chi connectivity index (χ0n) is 7.73. The molecule has 0 heterocycles. The van der Waals surface area contributed by atoms with Crippen LogP contribution in [0, 0.1) is 0 Å². The van der Waals surface area contributed by atoms with Crippen LogP contribution in [0.25, 0.3) is 0 Å². The van der Waals surface area contributed by atoms with Gasteiger partial charge < -0.3 is 10.6 Å². The van der Waals surface area contributed by atoms with Gasteiger partial charge in [-0.25, -0.2) is 0 Å². The largest absolute Gasteiger partial charge is 0.363 e. The smallest absolute Gasteiger partial charge is 0.166 e. The summed E-state index contributed by atoms with van der Waals surface area (Å²) >= 11 is 5.11. The Morgan fingerprint density at radius 3 is 2.58 bits per heavy atom. The quantitative estimate of drug-likeness (QED) is 0.509. The molecule has 0 unspecified atom stereocenters. The van der Waals surface area contributed by atoms with Gasteiger partial charge in [0.15, 0.2) is 5.11 Å². The Balaban J connectivity index is 2.15. The molecule has 2 nitrogen and oxygen atoms in total. The fourth-order valence-electron chi connectivity index (χ4n) is 1.64. The summed E-state index contributed by atoms with van der Waals surface area (Å²) in [6, 6.07) is 0.630. The van der Waals surface area contributed by atoms with Gasteiger partial charge in [0, 0.05) is 12.6 Å². The van der Waals surface area contributed by atoms with Crippen LogP contribution in [0.4, 0.5) is 0 Å². The van der Waals surface area contributed by atoms with Gasteiger partial charge in [-0.05, 0) is 32.0 Å². The Kier molecular flexibility index (Phi) is 4.36. The second-order valence-corrected chi connectivity index (χ2v) is 3.75. The molecular formula is C9H18N2S. The van der Waals surface area contributed by atoms with Gasteiger partial charge in [-0.1, -0.05) is 19.3 Å². The molecule has 0 aliphatic heterocycles. The molecule has 0 radical (unpaired) electrons. The van der Waals surface area contributed by atoms with Crippen molar-refractivity contribution < 1.29 is 0 Å². The van der Waals surface area contributed by atoms with Crippen molar-refractivity contribution in [1.29, 1.82) is 0 Å². The van der Waals surface area contributed by atoms with Crippen LogP contribution in [0.15, 0.2) is 0 Å². The van der Waals surface area contributed by atoms with Crippen LogP contribution in [-0.4, -0.2) is 17.7 Å². The molecule has 0 bridgehead atoms. The van der Waals surface area contributed by atoms with Crippen LogP contribution >= 0.6 is 12.2 Å². The maximum Gasteiger partial charge on any atom is 0.166 e. The second-order valence-electron chi connectivity index (χ2n) is 3.34. The van der Waals surface area contributed by atoms with E-state index in [1.54, 1.807) is 0 Å². The van der Waals surface area contributed by atoms with Gasteiger partial charge in [0.25, 0.3) is 0 Å². The first kappa shape index (κ1) is 9.78. The SMILES string of the molecule is CCNC(=S)[15NH]C1CCCCC1. The summed E-state index contributed by atoms with van der Waals surface area (Å²) in [5.41, 5.74) is 0. The minimum Gasteiger partial charge on any atom is -0.363 e. The molecule has 2 N–H and O–H groups in total. The third kappa shape index (κ3) is 3.39. The number of thiocarbonyl (C=S) groups is 1. The van der Waals surface area contributed by atoms with Crippen LogP contribution in [-0.2, 0) is 0 Å². The molecule has 1 rings (SSSR count). The van der Waals surface area contributed by atoms with Gasteiger partial charge >= 0.3 is 0 Å². The van der Waals surface area contributed by atoms with E-state index in [4.69, 9.17) is 12.2 Å². The lowest BCUT2D eigenvalue weighted by atomic mass is 9.97. The molecular weight excluding hydrogens is 169 g/mol. The van der Waals surface area contributed by atoms with E-state index in [2.05, 4.69) is 17.6 Å². The van der Waals surface area contributed by atoms with Crippen LogP contribution in [0.5, 0.6) is 0 Å². The van der Waals surface area contributed by atoms with Crippen molar-refractivity contribution in [3.05, 3.63) is 0 Å². The Bertz CT molecular complexity index is 141. The molecule has 1 saturated carbocycles. The number of nitrogens with one attached hydrogen (secondary N) is 2. The Hall–Kier alpha value is -0.310. The summed E-state index contributed by atoms with van der Waals surface area (Å²) in [5, 5.41) is 7.28. The lowest BCUT2D eigenvalue weighted by Gasteiger charge is -2.24. The molecule has 1 aliphatic rings. The van der Waals surface area contributed by atoms with Gasteiger partial charge in [0.1, 0.15) is 0 Å². The van der Waals surface area contributed by atoms with Gasteiger partial charge in [-0.2, -0.15) is 0 Å². The Labute approximate surface area is 80.1 Å². The zero-order chi connectivity index (χ0) is 8.81. The molecule has 1 aliphatic carbocycles. The molecule has 1 fully saturated rings. The van der Waals surface area contributed by atoms with Gasteiger partial charge in [0.05, 0.1) is 0 Å². The lowest BCUT2D eigenvalue weighted by molar-refractivity contribution is 0.412. The molecule has 0 aromatic carbocycles. The monoisotopic (exact) mass is 187 g/mol. The van der Waals surface area contributed by atoms with Gasteiger partial charge in [-0.3, -0.25) is 0 Å². The number of hydrogen-bond donors (Lipinski definition) is 2. The first-order valence-electron chi connectivity index (χ1n) is 4.87. The molecule has 0 aromatic rings. The van der Waals surface area contributed by atoms with Crippen molar-refractivity contribution >= 4 is 17.3 Å². The van der Waals surface area contributed by atoms with Crippen LogP contribution in [0.1, 0.15) is 39.0 Å². The van der Waals surface area contributed by atoms with E-state index in [1.165, 1.54) is 32.1 Å². The molecule has 0 amide bonds. The predicted octanol–water partition coefficient (Wildman–Crippen LogP) is 1.80. The molecule has 12 heavy (non-hydrogen) atoms. The summed E-state index contributed by atoms with van der Waals surface area (Å²) in [6.45, 7) is 2.98. The molecule has 0 saturated heterocycles. The highest BCUT2D eigenvalue weighted by atomic mass is 32.1. The van der Waals surface area contributed by atoms with Crippen LogP contribution in [0.3, 0.4) is 0 Å². The van der Waals surface area contributed by atoms with Crippen molar-refractivity contribution in [2.24, 2.45) is 0 Å². The van der Waals surface area contributed by atoms with Gasteiger partial charge in [-0.15, -0.1) is 0 Å². The normalized spacial score (nSPS) is 18.8. The van der Waals surface area contributed by atoms with Crippen molar-refractivity contribution in [1.82, 2.24) is 10.6 Å². The zero-order valence-corrected chi connectivity index (χ0v) is 8.54. The van der Waals surface area contributed by atoms with Gasteiger partial charge in [0.2, 0.25) is 0 Å². The van der Waals surface area contributed by atoms with E-state index in [-0.39, 0.29) is 0 Å². The second kappa shape index (κ2) is 5.36. The fourth-order valence-corrected chi connectivity index (χ4v) is 1.95. The number of rotatable bonds is 2. The van der Waals surface area contributed by atoms with Crippen molar-refractivity contribution in [3.8, 4) is 0 Å². The molecule has 0 aromatic heterocycles. The summed E-state index contributed by atoms with van der Waals surface area (Å²) in [4.78, 5) is 0. The first-order chi connectivity index (χ1) is 5.83. The highest BCUT2D eigenvalue weighted by Gasteiger charge is 2.13. The van der Waals surface area contributed by atoms with E-state index in [1.807, 2.05) is 0 Å². The molecule has 70 valence electrons. The van der Waals surface area contributed by atoms with E-state index in [0.717, 1.165) is 11.7 Å². The van der Waals surface area contributed by atoms with E-state index in [9.17, 15) is 0 Å². The van der Waals surface area contributed by atoms with E-state index >= 15 is 0 Å². The molecule has 0 spiro atoms. The van der Waals surface area contributed by atoms with Crippen LogP contribution in [0.2, 0.25) is 0 Å². The third-order valence-corrected chi connectivity index (χ3v) is 2.54. The summed E-state index contributed by atoms with van der Waals surface area (Å²) in [7, 11) is 0. The Morgan fingerprint density at radius 1 is 1.33 bits per heavy atom. The van der Waals surface area contributed by atoms with Crippen molar-refractivity contribution in [2.75, 3.05) is 6.54 Å². The summed E-state index contributed by atoms with van der Waals surface area (Å²) in [6.07, 6.45) is 6.67. The Morgan fingerprint density at radius 2 is 2.00 bits per heavy atom.